The molecule has 12 heavy (non-hydrogen) atoms. The maximum absolute atomic E-state index is 5.00. The number of rotatable bonds is 4. The fourth-order valence-electron chi connectivity index (χ4n) is 1.31. The van der Waals surface area contributed by atoms with Crippen molar-refractivity contribution in [3.63, 3.8) is 0 Å². The van der Waals surface area contributed by atoms with Crippen molar-refractivity contribution in [1.82, 2.24) is 5.32 Å². The van der Waals surface area contributed by atoms with Gasteiger partial charge < -0.3 is 10.1 Å². The van der Waals surface area contributed by atoms with E-state index in [0.717, 1.165) is 26.0 Å². The number of hydrogen-bond acceptors (Lipinski definition) is 3. The first kappa shape index (κ1) is 9.52. The Labute approximate surface area is 74.2 Å². The average Bonchev–Trinajstić information content (AvgIpc) is 2.53. The highest BCUT2D eigenvalue weighted by molar-refractivity contribution is 5.83. The van der Waals surface area contributed by atoms with E-state index < -0.39 is 0 Å². The number of methoxy groups -OCH3 is 1. The van der Waals surface area contributed by atoms with Crippen molar-refractivity contribution in [2.75, 3.05) is 20.3 Å². The van der Waals surface area contributed by atoms with E-state index in [2.05, 4.69) is 17.2 Å². The zero-order chi connectivity index (χ0) is 8.81. The van der Waals surface area contributed by atoms with Gasteiger partial charge in [-0.05, 0) is 19.8 Å². The van der Waals surface area contributed by atoms with E-state index in [0.29, 0.717) is 6.04 Å². The molecule has 1 aliphatic rings. The summed E-state index contributed by atoms with van der Waals surface area (Å²) < 4.78 is 5.00. The second-order valence-corrected chi connectivity index (χ2v) is 3.26. The predicted octanol–water partition coefficient (Wildman–Crippen LogP) is 1.19. The summed E-state index contributed by atoms with van der Waals surface area (Å²) in [6, 6.07) is 0.488. The molecule has 0 fully saturated rings. The van der Waals surface area contributed by atoms with Crippen LogP contribution in [-0.2, 0) is 4.74 Å². The van der Waals surface area contributed by atoms with Gasteiger partial charge in [-0.1, -0.05) is 0 Å². The Bertz CT molecular complexity index is 157. The molecular weight excluding hydrogens is 152 g/mol. The summed E-state index contributed by atoms with van der Waals surface area (Å²) in [5.41, 5.74) is 0. The van der Waals surface area contributed by atoms with Crippen LogP contribution in [0.3, 0.4) is 0 Å². The topological polar surface area (TPSA) is 33.6 Å². The van der Waals surface area contributed by atoms with Crippen LogP contribution >= 0.6 is 0 Å². The van der Waals surface area contributed by atoms with Crippen molar-refractivity contribution in [3.05, 3.63) is 0 Å². The van der Waals surface area contributed by atoms with E-state index >= 15 is 0 Å². The third kappa shape index (κ3) is 3.22. The summed E-state index contributed by atoms with van der Waals surface area (Å²) >= 11 is 0. The SMILES string of the molecule is COCCC(C)NC1=NCCC1. The molecule has 1 N–H and O–H groups in total. The van der Waals surface area contributed by atoms with Crippen LogP contribution < -0.4 is 5.32 Å². The molecular formula is C9H18N2O. The Balaban J connectivity index is 2.12. The monoisotopic (exact) mass is 170 g/mol. The summed E-state index contributed by atoms with van der Waals surface area (Å²) in [5, 5.41) is 3.38. The van der Waals surface area contributed by atoms with Gasteiger partial charge in [-0.3, -0.25) is 4.99 Å². The summed E-state index contributed by atoms with van der Waals surface area (Å²) in [7, 11) is 1.74. The molecule has 1 atom stereocenters. The highest BCUT2D eigenvalue weighted by atomic mass is 16.5. The fourth-order valence-corrected chi connectivity index (χ4v) is 1.31. The van der Waals surface area contributed by atoms with Gasteiger partial charge in [0.1, 0.15) is 0 Å². The van der Waals surface area contributed by atoms with Gasteiger partial charge in [-0.15, -0.1) is 0 Å². The fraction of sp³-hybridized carbons (Fsp3) is 0.889. The smallest absolute Gasteiger partial charge is 0.0965 e. The molecule has 0 aromatic rings. The Morgan fingerprint density at radius 1 is 1.67 bits per heavy atom. The van der Waals surface area contributed by atoms with Crippen LogP contribution in [-0.4, -0.2) is 32.1 Å². The van der Waals surface area contributed by atoms with Crippen LogP contribution in [0.5, 0.6) is 0 Å². The minimum Gasteiger partial charge on any atom is -0.385 e. The molecule has 1 rings (SSSR count). The highest BCUT2D eigenvalue weighted by Gasteiger charge is 2.08. The molecule has 0 amide bonds. The largest absolute Gasteiger partial charge is 0.385 e. The van der Waals surface area contributed by atoms with Gasteiger partial charge in [-0.2, -0.15) is 0 Å². The Kier molecular flexibility index (Phi) is 4.08. The van der Waals surface area contributed by atoms with Crippen LogP contribution in [0.15, 0.2) is 4.99 Å². The predicted molar refractivity (Wildman–Crippen MR) is 50.6 cm³/mol. The van der Waals surface area contributed by atoms with E-state index in [1.807, 2.05) is 0 Å². The molecule has 0 saturated heterocycles. The average molecular weight is 170 g/mol. The Morgan fingerprint density at radius 2 is 2.50 bits per heavy atom. The first-order valence-electron chi connectivity index (χ1n) is 4.61. The Morgan fingerprint density at radius 3 is 3.08 bits per heavy atom. The van der Waals surface area contributed by atoms with Gasteiger partial charge in [0.15, 0.2) is 0 Å². The summed E-state index contributed by atoms with van der Waals surface area (Å²) in [4.78, 5) is 4.35. The summed E-state index contributed by atoms with van der Waals surface area (Å²) in [5.74, 6) is 1.18. The molecule has 1 heterocycles. The zero-order valence-corrected chi connectivity index (χ0v) is 7.97. The van der Waals surface area contributed by atoms with Crippen LogP contribution in [0.25, 0.3) is 0 Å². The minimum atomic E-state index is 0.488. The molecule has 3 heteroatoms. The first-order chi connectivity index (χ1) is 5.83. The molecule has 0 spiro atoms. The van der Waals surface area contributed by atoms with Crippen molar-refractivity contribution >= 4 is 5.84 Å². The molecule has 70 valence electrons. The molecule has 0 radical (unpaired) electrons. The van der Waals surface area contributed by atoms with Crippen molar-refractivity contribution in [2.45, 2.75) is 32.2 Å². The summed E-state index contributed by atoms with van der Waals surface area (Å²) in [6.45, 7) is 3.99. The molecule has 0 bridgehead atoms. The molecule has 0 aromatic carbocycles. The number of hydrogen-bond donors (Lipinski definition) is 1. The molecule has 1 unspecified atom stereocenters. The maximum atomic E-state index is 5.00. The lowest BCUT2D eigenvalue weighted by Gasteiger charge is -2.13. The quantitative estimate of drug-likeness (QED) is 0.687. The standard InChI is InChI=1S/C9H18N2O/c1-8(5-7-12-2)11-9-4-3-6-10-9/h8H,3-7H2,1-2H3,(H,10,11). The Hall–Kier alpha value is -0.570. The van der Waals surface area contributed by atoms with Gasteiger partial charge in [0, 0.05) is 32.7 Å². The van der Waals surface area contributed by atoms with E-state index in [1.165, 1.54) is 12.3 Å². The van der Waals surface area contributed by atoms with Crippen molar-refractivity contribution in [2.24, 2.45) is 4.99 Å². The number of nitrogens with one attached hydrogen (secondary N) is 1. The highest BCUT2D eigenvalue weighted by Crippen LogP contribution is 2.03. The van der Waals surface area contributed by atoms with Crippen LogP contribution in [0.4, 0.5) is 0 Å². The van der Waals surface area contributed by atoms with E-state index in [4.69, 9.17) is 4.74 Å². The first-order valence-corrected chi connectivity index (χ1v) is 4.61. The van der Waals surface area contributed by atoms with E-state index in [1.54, 1.807) is 7.11 Å². The van der Waals surface area contributed by atoms with Crippen LogP contribution in [0, 0.1) is 0 Å². The van der Waals surface area contributed by atoms with Crippen molar-refractivity contribution in [3.8, 4) is 0 Å². The van der Waals surface area contributed by atoms with Crippen molar-refractivity contribution in [1.29, 1.82) is 0 Å². The zero-order valence-electron chi connectivity index (χ0n) is 7.97. The number of amidine groups is 1. The molecule has 3 nitrogen and oxygen atoms in total. The maximum Gasteiger partial charge on any atom is 0.0965 e. The molecule has 0 aliphatic carbocycles. The minimum absolute atomic E-state index is 0.488. The third-order valence-corrected chi connectivity index (χ3v) is 2.04. The van der Waals surface area contributed by atoms with Gasteiger partial charge >= 0.3 is 0 Å². The number of ether oxygens (including phenoxy) is 1. The molecule has 0 saturated carbocycles. The van der Waals surface area contributed by atoms with Crippen LogP contribution in [0.1, 0.15) is 26.2 Å². The van der Waals surface area contributed by atoms with Crippen LogP contribution in [0.2, 0.25) is 0 Å². The second-order valence-electron chi connectivity index (χ2n) is 3.26. The van der Waals surface area contributed by atoms with Gasteiger partial charge in [-0.25, -0.2) is 0 Å². The normalized spacial score (nSPS) is 19.0. The summed E-state index contributed by atoms with van der Waals surface area (Å²) in [6.07, 6.45) is 3.38. The van der Waals surface area contributed by atoms with Gasteiger partial charge in [0.05, 0.1) is 5.84 Å². The lowest BCUT2D eigenvalue weighted by Crippen LogP contribution is -2.32. The van der Waals surface area contributed by atoms with Gasteiger partial charge in [0.2, 0.25) is 0 Å². The van der Waals surface area contributed by atoms with E-state index in [-0.39, 0.29) is 0 Å². The van der Waals surface area contributed by atoms with Gasteiger partial charge in [0.25, 0.3) is 0 Å². The molecule has 1 aliphatic heterocycles. The lowest BCUT2D eigenvalue weighted by atomic mass is 10.2. The third-order valence-electron chi connectivity index (χ3n) is 2.04. The second kappa shape index (κ2) is 5.14. The number of aliphatic imine (C=N–C) groups is 1. The number of nitrogens with zero attached hydrogens (tertiary/aromatic N) is 1. The molecule has 0 aromatic heterocycles. The van der Waals surface area contributed by atoms with Crippen molar-refractivity contribution < 1.29 is 4.74 Å². The lowest BCUT2D eigenvalue weighted by molar-refractivity contribution is 0.187. The van der Waals surface area contributed by atoms with E-state index in [9.17, 15) is 0 Å².